The Bertz CT molecular complexity index is 1100. The summed E-state index contributed by atoms with van der Waals surface area (Å²) in [5.41, 5.74) is 7.09. The molecule has 1 aromatic heterocycles. The van der Waals surface area contributed by atoms with Crippen molar-refractivity contribution >= 4 is 52.3 Å². The summed E-state index contributed by atoms with van der Waals surface area (Å²) in [4.78, 5) is 64.0. The van der Waals surface area contributed by atoms with Crippen LogP contribution in [0.1, 0.15) is 25.3 Å². The van der Waals surface area contributed by atoms with Gasteiger partial charge in [-0.1, -0.05) is 18.2 Å². The Morgan fingerprint density at radius 3 is 2.19 bits per heavy atom. The first kappa shape index (κ1) is 28.7. The van der Waals surface area contributed by atoms with Gasteiger partial charge in [-0.2, -0.15) is 11.8 Å². The minimum atomic E-state index is -1.69. The van der Waals surface area contributed by atoms with Crippen molar-refractivity contribution in [3.8, 4) is 0 Å². The molecule has 1 aromatic carbocycles. The van der Waals surface area contributed by atoms with Crippen LogP contribution in [0.15, 0.2) is 30.5 Å². The normalized spacial score (nSPS) is 14.3. The van der Waals surface area contributed by atoms with Gasteiger partial charge < -0.3 is 36.9 Å². The number of fused-ring (bicyclic) bond motifs is 1. The topological polar surface area (TPSA) is 204 Å². The van der Waals surface area contributed by atoms with Crippen molar-refractivity contribution in [1.29, 1.82) is 0 Å². The zero-order chi connectivity index (χ0) is 26.8. The van der Waals surface area contributed by atoms with Crippen LogP contribution in [0, 0.1) is 0 Å². The van der Waals surface area contributed by atoms with Crippen LogP contribution in [0.5, 0.6) is 0 Å². The lowest BCUT2D eigenvalue weighted by Gasteiger charge is -2.24. The van der Waals surface area contributed by atoms with E-state index in [0.29, 0.717) is 11.3 Å². The highest BCUT2D eigenvalue weighted by Crippen LogP contribution is 2.19. The molecule has 0 radical (unpaired) electrons. The number of aromatic nitrogens is 1. The number of para-hydroxylation sites is 1. The highest BCUT2D eigenvalue weighted by Gasteiger charge is 2.31. The molecule has 0 aliphatic heterocycles. The first-order valence-electron chi connectivity index (χ1n) is 11.2. The second-order valence-corrected chi connectivity index (χ2v) is 9.24. The molecule has 8 N–H and O–H groups in total. The number of nitrogens with one attached hydrogen (secondary N) is 4. The van der Waals surface area contributed by atoms with Crippen molar-refractivity contribution < 1.29 is 34.2 Å². The second kappa shape index (κ2) is 13.5. The maximum Gasteiger partial charge on any atom is 0.326 e. The average molecular weight is 522 g/mol. The Balaban J connectivity index is 2.32. The molecule has 1 heterocycles. The molecule has 0 aliphatic rings. The van der Waals surface area contributed by atoms with E-state index in [9.17, 15) is 29.1 Å². The number of H-pyrrole nitrogens is 1. The van der Waals surface area contributed by atoms with Crippen LogP contribution in [0.4, 0.5) is 0 Å². The van der Waals surface area contributed by atoms with Crippen LogP contribution in [0.25, 0.3) is 10.9 Å². The summed E-state index contributed by atoms with van der Waals surface area (Å²) in [5.74, 6) is -4.45. The Morgan fingerprint density at radius 1 is 0.972 bits per heavy atom. The number of hydrogen-bond donors (Lipinski definition) is 7. The van der Waals surface area contributed by atoms with E-state index in [1.165, 1.54) is 18.7 Å². The number of benzene rings is 1. The van der Waals surface area contributed by atoms with Crippen LogP contribution in [-0.2, 0) is 30.4 Å². The summed E-state index contributed by atoms with van der Waals surface area (Å²) >= 11 is 1.46. The summed E-state index contributed by atoms with van der Waals surface area (Å²) in [7, 11) is 0. The zero-order valence-corrected chi connectivity index (χ0v) is 20.8. The molecule has 0 saturated carbocycles. The van der Waals surface area contributed by atoms with Crippen molar-refractivity contribution in [1.82, 2.24) is 20.9 Å². The molecule has 196 valence electrons. The van der Waals surface area contributed by atoms with Crippen LogP contribution < -0.4 is 21.7 Å². The fraction of sp³-hybridized carbons (Fsp3) is 0.435. The standard InChI is InChI=1S/C23H31N5O7S/c1-12(24)20(31)26-16(7-8-36-2)21(32)27-17(22(33)28-18(23(34)35)10-19(29)30)9-13-11-25-15-6-4-3-5-14(13)15/h3-6,11-12,16-18,25H,7-10,24H2,1-2H3,(H,26,31)(H,27,32)(H,28,33)(H,29,30)(H,34,35). The van der Waals surface area contributed by atoms with Gasteiger partial charge in [-0.25, -0.2) is 4.79 Å². The molecular formula is C23H31N5O7S. The van der Waals surface area contributed by atoms with E-state index < -0.39 is 60.2 Å². The van der Waals surface area contributed by atoms with Crippen molar-refractivity contribution in [2.75, 3.05) is 12.0 Å². The summed E-state index contributed by atoms with van der Waals surface area (Å²) in [6.07, 6.45) is 2.92. The van der Waals surface area contributed by atoms with Crippen LogP contribution >= 0.6 is 11.8 Å². The molecule has 0 aliphatic carbocycles. The molecule has 0 saturated heterocycles. The minimum Gasteiger partial charge on any atom is -0.481 e. The zero-order valence-electron chi connectivity index (χ0n) is 19.9. The molecule has 3 amide bonds. The third-order valence-corrected chi connectivity index (χ3v) is 6.03. The monoisotopic (exact) mass is 521 g/mol. The molecule has 4 atom stereocenters. The maximum absolute atomic E-state index is 13.1. The smallest absolute Gasteiger partial charge is 0.326 e. The number of amides is 3. The number of aliphatic carboxylic acids is 2. The van der Waals surface area contributed by atoms with Gasteiger partial charge in [0.15, 0.2) is 0 Å². The van der Waals surface area contributed by atoms with Gasteiger partial charge in [0.05, 0.1) is 12.5 Å². The highest BCUT2D eigenvalue weighted by atomic mass is 32.2. The van der Waals surface area contributed by atoms with Crippen molar-refractivity contribution in [2.24, 2.45) is 5.73 Å². The number of thioether (sulfide) groups is 1. The quantitative estimate of drug-likeness (QED) is 0.176. The third kappa shape index (κ3) is 8.27. The lowest BCUT2D eigenvalue weighted by atomic mass is 10.0. The SMILES string of the molecule is CSCCC(NC(=O)C(C)N)C(=O)NC(Cc1c[nH]c2ccccc12)C(=O)NC(CC(=O)O)C(=O)O. The predicted octanol–water partition coefficient (Wildman–Crippen LogP) is -0.176. The minimum absolute atomic E-state index is 0.0164. The van der Waals surface area contributed by atoms with Crippen molar-refractivity contribution in [3.63, 3.8) is 0 Å². The molecule has 4 unspecified atom stereocenters. The fourth-order valence-corrected chi connectivity index (χ4v) is 3.93. The third-order valence-electron chi connectivity index (χ3n) is 5.38. The van der Waals surface area contributed by atoms with Gasteiger partial charge in [0.1, 0.15) is 18.1 Å². The van der Waals surface area contributed by atoms with E-state index in [1.807, 2.05) is 30.5 Å². The lowest BCUT2D eigenvalue weighted by molar-refractivity contribution is -0.147. The number of nitrogens with two attached hydrogens (primary N) is 1. The summed E-state index contributed by atoms with van der Waals surface area (Å²) < 4.78 is 0. The number of carbonyl (C=O) groups is 5. The summed E-state index contributed by atoms with van der Waals surface area (Å²) in [6.45, 7) is 1.47. The van der Waals surface area contributed by atoms with Crippen molar-refractivity contribution in [2.45, 2.75) is 50.4 Å². The van der Waals surface area contributed by atoms with E-state index in [2.05, 4.69) is 20.9 Å². The first-order valence-corrected chi connectivity index (χ1v) is 12.6. The molecule has 2 aromatic rings. The van der Waals surface area contributed by atoms with E-state index in [1.54, 1.807) is 6.20 Å². The first-order chi connectivity index (χ1) is 17.0. The average Bonchev–Trinajstić information content (AvgIpc) is 3.22. The number of carboxylic acid groups (broad SMARTS) is 2. The number of hydrogen-bond acceptors (Lipinski definition) is 7. The predicted molar refractivity (Wildman–Crippen MR) is 134 cm³/mol. The maximum atomic E-state index is 13.1. The highest BCUT2D eigenvalue weighted by molar-refractivity contribution is 7.98. The van der Waals surface area contributed by atoms with E-state index in [4.69, 9.17) is 10.8 Å². The van der Waals surface area contributed by atoms with E-state index in [0.717, 1.165) is 10.9 Å². The molecule has 2 rings (SSSR count). The second-order valence-electron chi connectivity index (χ2n) is 8.25. The molecule has 0 spiro atoms. The fourth-order valence-electron chi connectivity index (χ4n) is 3.46. The van der Waals surface area contributed by atoms with E-state index >= 15 is 0 Å². The van der Waals surface area contributed by atoms with Crippen LogP contribution in [-0.4, -0.2) is 81.0 Å². The van der Waals surface area contributed by atoms with Gasteiger partial charge in [-0.3, -0.25) is 19.2 Å². The Labute approximate surface area is 211 Å². The molecule has 0 fully saturated rings. The molecule has 13 heteroatoms. The van der Waals surface area contributed by atoms with Gasteiger partial charge in [0.25, 0.3) is 0 Å². The number of rotatable bonds is 14. The van der Waals surface area contributed by atoms with Gasteiger partial charge in [-0.15, -0.1) is 0 Å². The van der Waals surface area contributed by atoms with E-state index in [-0.39, 0.29) is 12.8 Å². The Morgan fingerprint density at radius 2 is 1.58 bits per heavy atom. The Hall–Kier alpha value is -3.58. The Kier molecular flexibility index (Phi) is 10.7. The summed E-state index contributed by atoms with van der Waals surface area (Å²) in [5, 5.41) is 26.5. The molecular weight excluding hydrogens is 490 g/mol. The van der Waals surface area contributed by atoms with Gasteiger partial charge >= 0.3 is 11.9 Å². The summed E-state index contributed by atoms with van der Waals surface area (Å²) in [6, 6.07) is 2.52. The number of carbonyl (C=O) groups excluding carboxylic acids is 3. The van der Waals surface area contributed by atoms with Crippen LogP contribution in [0.2, 0.25) is 0 Å². The van der Waals surface area contributed by atoms with Crippen LogP contribution in [0.3, 0.4) is 0 Å². The molecule has 36 heavy (non-hydrogen) atoms. The number of carboxylic acids is 2. The van der Waals surface area contributed by atoms with Gasteiger partial charge in [-0.05, 0) is 37.0 Å². The van der Waals surface area contributed by atoms with Gasteiger partial charge in [0, 0.05) is 23.5 Å². The lowest BCUT2D eigenvalue weighted by Crippen LogP contribution is -2.57. The van der Waals surface area contributed by atoms with Gasteiger partial charge in [0.2, 0.25) is 17.7 Å². The molecule has 12 nitrogen and oxygen atoms in total. The number of aromatic amines is 1. The van der Waals surface area contributed by atoms with Crippen molar-refractivity contribution in [3.05, 3.63) is 36.0 Å². The molecule has 0 bridgehead atoms. The largest absolute Gasteiger partial charge is 0.481 e.